The van der Waals surface area contributed by atoms with E-state index >= 15 is 0 Å². The molecule has 3 rings (SSSR count). The number of nitrogens with zero attached hydrogens (tertiary/aromatic N) is 1. The molecule has 0 saturated heterocycles. The molecule has 32 heavy (non-hydrogen) atoms. The van der Waals surface area contributed by atoms with Crippen LogP contribution in [-0.4, -0.2) is 32.4 Å². The zero-order valence-electron chi connectivity index (χ0n) is 17.1. The number of aryl methyl sites for hydroxylation is 1. The molecule has 0 aliphatic carbocycles. The maximum Gasteiger partial charge on any atom is 0.270 e. The Bertz CT molecular complexity index is 1240. The van der Waals surface area contributed by atoms with Crippen molar-refractivity contribution < 1.29 is 22.9 Å². The third-order valence-corrected chi connectivity index (χ3v) is 5.86. The standard InChI is InChI=1S/C22H21N3O6S/c1-16-7-2-5-12-21(16)31-14-13-23-22(26)19-10-3-4-11-20(19)24-32(29,30)18-9-6-8-17(15-18)25(27)28/h2-12,15,24H,13-14H2,1H3,(H,23,26). The normalized spacial score (nSPS) is 10.9. The first-order valence-corrected chi connectivity index (χ1v) is 11.1. The number of hydrogen-bond donors (Lipinski definition) is 2. The van der Waals surface area contributed by atoms with E-state index in [0.29, 0.717) is 5.75 Å². The number of non-ortho nitro benzene ring substituents is 1. The number of nitrogens with one attached hydrogen (secondary N) is 2. The summed E-state index contributed by atoms with van der Waals surface area (Å²) in [6, 6.07) is 18.2. The largest absolute Gasteiger partial charge is 0.491 e. The fourth-order valence-electron chi connectivity index (χ4n) is 2.88. The molecule has 0 bridgehead atoms. The highest BCUT2D eigenvalue weighted by molar-refractivity contribution is 7.92. The Labute approximate surface area is 185 Å². The van der Waals surface area contributed by atoms with Gasteiger partial charge in [-0.3, -0.25) is 19.6 Å². The Morgan fingerprint density at radius 2 is 1.75 bits per heavy atom. The van der Waals surface area contributed by atoms with Gasteiger partial charge in [0.05, 0.1) is 27.6 Å². The van der Waals surface area contributed by atoms with E-state index in [4.69, 9.17) is 4.74 Å². The minimum absolute atomic E-state index is 0.0522. The number of rotatable bonds is 9. The number of benzene rings is 3. The van der Waals surface area contributed by atoms with E-state index in [9.17, 15) is 23.3 Å². The fourth-order valence-corrected chi connectivity index (χ4v) is 4.00. The highest BCUT2D eigenvalue weighted by Crippen LogP contribution is 2.23. The fraction of sp³-hybridized carbons (Fsp3) is 0.136. The van der Waals surface area contributed by atoms with E-state index < -0.39 is 20.9 Å². The molecule has 166 valence electrons. The maximum absolute atomic E-state index is 12.7. The Balaban J connectivity index is 1.68. The van der Waals surface area contributed by atoms with Crippen LogP contribution in [-0.2, 0) is 10.0 Å². The summed E-state index contributed by atoms with van der Waals surface area (Å²) in [4.78, 5) is 22.6. The lowest BCUT2D eigenvalue weighted by molar-refractivity contribution is -0.385. The van der Waals surface area contributed by atoms with E-state index in [1.54, 1.807) is 12.1 Å². The van der Waals surface area contributed by atoms with Crippen LogP contribution in [0.25, 0.3) is 0 Å². The molecule has 0 fully saturated rings. The second kappa shape index (κ2) is 9.92. The van der Waals surface area contributed by atoms with Crippen LogP contribution in [0.1, 0.15) is 15.9 Å². The van der Waals surface area contributed by atoms with Crippen molar-refractivity contribution in [1.29, 1.82) is 0 Å². The summed E-state index contributed by atoms with van der Waals surface area (Å²) in [5.74, 6) is 0.225. The van der Waals surface area contributed by atoms with Gasteiger partial charge >= 0.3 is 0 Å². The smallest absolute Gasteiger partial charge is 0.270 e. The van der Waals surface area contributed by atoms with E-state index in [1.165, 1.54) is 30.3 Å². The van der Waals surface area contributed by atoms with Crippen LogP contribution in [0.3, 0.4) is 0 Å². The van der Waals surface area contributed by atoms with Crippen molar-refractivity contribution in [3.63, 3.8) is 0 Å². The molecule has 0 radical (unpaired) electrons. The van der Waals surface area contributed by atoms with E-state index in [-0.39, 0.29) is 35.0 Å². The number of para-hydroxylation sites is 2. The number of sulfonamides is 1. The van der Waals surface area contributed by atoms with Crippen molar-refractivity contribution in [3.8, 4) is 5.75 Å². The van der Waals surface area contributed by atoms with Gasteiger partial charge in [0.2, 0.25) is 0 Å². The molecule has 3 aromatic carbocycles. The summed E-state index contributed by atoms with van der Waals surface area (Å²) < 4.78 is 33.4. The second-order valence-electron chi connectivity index (χ2n) is 6.78. The second-order valence-corrected chi connectivity index (χ2v) is 8.46. The van der Waals surface area contributed by atoms with Gasteiger partial charge in [-0.05, 0) is 36.8 Å². The van der Waals surface area contributed by atoms with E-state index in [0.717, 1.165) is 11.6 Å². The maximum atomic E-state index is 12.7. The van der Waals surface area contributed by atoms with Crippen LogP contribution in [0.5, 0.6) is 5.75 Å². The van der Waals surface area contributed by atoms with Crippen LogP contribution in [0, 0.1) is 17.0 Å². The highest BCUT2D eigenvalue weighted by atomic mass is 32.2. The number of hydrogen-bond acceptors (Lipinski definition) is 6. The van der Waals surface area contributed by atoms with Crippen molar-refractivity contribution in [3.05, 3.63) is 94.0 Å². The molecule has 1 amide bonds. The summed E-state index contributed by atoms with van der Waals surface area (Å²) in [5.41, 5.74) is 0.779. The molecule has 0 heterocycles. The predicted molar refractivity (Wildman–Crippen MR) is 119 cm³/mol. The molecule has 0 aliphatic rings. The zero-order chi connectivity index (χ0) is 23.1. The molecule has 10 heteroatoms. The quantitative estimate of drug-likeness (QED) is 0.289. The van der Waals surface area contributed by atoms with E-state index in [1.807, 2.05) is 31.2 Å². The Morgan fingerprint density at radius 1 is 1.03 bits per heavy atom. The first-order chi connectivity index (χ1) is 15.3. The van der Waals surface area contributed by atoms with Gasteiger partial charge < -0.3 is 10.1 Å². The van der Waals surface area contributed by atoms with Crippen LogP contribution < -0.4 is 14.8 Å². The lowest BCUT2D eigenvalue weighted by atomic mass is 10.1. The Morgan fingerprint density at radius 3 is 2.50 bits per heavy atom. The van der Waals surface area contributed by atoms with E-state index in [2.05, 4.69) is 10.0 Å². The number of carbonyl (C=O) groups is 1. The van der Waals surface area contributed by atoms with Crippen molar-refractivity contribution in [2.24, 2.45) is 0 Å². The molecular weight excluding hydrogens is 434 g/mol. The molecule has 0 aliphatic heterocycles. The summed E-state index contributed by atoms with van der Waals surface area (Å²) in [6.07, 6.45) is 0. The molecule has 0 unspecified atom stereocenters. The summed E-state index contributed by atoms with van der Waals surface area (Å²) in [6.45, 7) is 2.36. The molecule has 0 spiro atoms. The Hall–Kier alpha value is -3.92. The SMILES string of the molecule is Cc1ccccc1OCCNC(=O)c1ccccc1NS(=O)(=O)c1cccc([N+](=O)[O-])c1. The molecular formula is C22H21N3O6S. The minimum Gasteiger partial charge on any atom is -0.491 e. The van der Waals surface area contributed by atoms with Crippen LogP contribution >= 0.6 is 0 Å². The molecule has 0 saturated carbocycles. The molecule has 3 aromatic rings. The third-order valence-electron chi connectivity index (χ3n) is 4.49. The van der Waals surface area contributed by atoms with Gasteiger partial charge in [0.25, 0.3) is 21.6 Å². The van der Waals surface area contributed by atoms with Gasteiger partial charge in [0, 0.05) is 12.1 Å². The summed E-state index contributed by atoms with van der Waals surface area (Å²) in [7, 11) is -4.15. The lowest BCUT2D eigenvalue weighted by Crippen LogP contribution is -2.29. The summed E-state index contributed by atoms with van der Waals surface area (Å²) in [5, 5.41) is 13.6. The molecule has 2 N–H and O–H groups in total. The van der Waals surface area contributed by atoms with Crippen LogP contribution in [0.15, 0.2) is 77.7 Å². The highest BCUT2D eigenvalue weighted by Gasteiger charge is 2.20. The predicted octanol–water partition coefficient (Wildman–Crippen LogP) is 3.51. The van der Waals surface area contributed by atoms with Gasteiger partial charge in [-0.1, -0.05) is 36.4 Å². The third kappa shape index (κ3) is 5.61. The topological polar surface area (TPSA) is 128 Å². The monoisotopic (exact) mass is 455 g/mol. The molecule has 0 aromatic heterocycles. The van der Waals surface area contributed by atoms with Crippen molar-refractivity contribution in [2.75, 3.05) is 17.9 Å². The van der Waals surface area contributed by atoms with Crippen molar-refractivity contribution in [1.82, 2.24) is 5.32 Å². The number of nitro groups is 1. The minimum atomic E-state index is -4.15. The van der Waals surface area contributed by atoms with Gasteiger partial charge in [-0.15, -0.1) is 0 Å². The van der Waals surface area contributed by atoms with Gasteiger partial charge in [0.15, 0.2) is 0 Å². The summed E-state index contributed by atoms with van der Waals surface area (Å²) >= 11 is 0. The zero-order valence-corrected chi connectivity index (χ0v) is 18.0. The number of amides is 1. The number of carbonyl (C=O) groups excluding carboxylic acids is 1. The first-order valence-electron chi connectivity index (χ1n) is 9.61. The molecule has 9 nitrogen and oxygen atoms in total. The average molecular weight is 455 g/mol. The van der Waals surface area contributed by atoms with Crippen molar-refractivity contribution in [2.45, 2.75) is 11.8 Å². The van der Waals surface area contributed by atoms with Gasteiger partial charge in [-0.25, -0.2) is 8.42 Å². The Kier molecular flexibility index (Phi) is 7.06. The van der Waals surface area contributed by atoms with Crippen LogP contribution in [0.4, 0.5) is 11.4 Å². The van der Waals surface area contributed by atoms with Gasteiger partial charge in [-0.2, -0.15) is 0 Å². The van der Waals surface area contributed by atoms with Crippen LogP contribution in [0.2, 0.25) is 0 Å². The van der Waals surface area contributed by atoms with Crippen molar-refractivity contribution >= 4 is 27.3 Å². The first kappa shape index (κ1) is 22.8. The number of nitro benzene ring substituents is 1. The average Bonchev–Trinajstić information content (AvgIpc) is 2.78. The number of ether oxygens (including phenoxy) is 1. The molecule has 0 atom stereocenters. The lowest BCUT2D eigenvalue weighted by Gasteiger charge is -2.13. The number of anilines is 1. The van der Waals surface area contributed by atoms with Gasteiger partial charge in [0.1, 0.15) is 12.4 Å².